The minimum Gasteiger partial charge on any atom is -0.494 e. The lowest BCUT2D eigenvalue weighted by molar-refractivity contribution is -0.193. The maximum Gasteiger partial charge on any atom is 0.373 e. The van der Waals surface area contributed by atoms with Gasteiger partial charge < -0.3 is 66.1 Å². The smallest absolute Gasteiger partial charge is 0.373 e. The fraction of sp³-hybridized carbons (Fsp3) is 0.398. The highest BCUT2D eigenvalue weighted by Gasteiger charge is 2.52. The number of aromatic nitrogens is 8. The molecule has 28 rings (SSSR count). The van der Waals surface area contributed by atoms with Crippen LogP contribution in [0.4, 0.5) is 20.5 Å². The molecule has 4 aliphatic heterocycles. The Balaban J connectivity index is 0.000000110. The second-order valence-electron chi connectivity index (χ2n) is 40.7. The van der Waals surface area contributed by atoms with E-state index in [2.05, 4.69) is 165 Å². The van der Waals surface area contributed by atoms with Crippen LogP contribution in [0.15, 0.2) is 176 Å². The molecule has 0 amide bonds. The molecule has 12 aliphatic rings. The molecule has 12 heterocycles. The number of nitrogens with zero attached hydrogens (tertiary/aromatic N) is 12. The Bertz CT molecular complexity index is 7070. The molecule has 0 spiro atoms. The number of hydrogen-bond donors (Lipinski definition) is 0. The Morgan fingerprint density at radius 1 is 0.353 bits per heavy atom. The van der Waals surface area contributed by atoms with E-state index in [9.17, 15) is 4.79 Å². The van der Waals surface area contributed by atoms with Gasteiger partial charge in [-0.25, -0.2) is 19.9 Å². The molecule has 37 heteroatoms. The fourth-order valence-corrected chi connectivity index (χ4v) is 29.0. The van der Waals surface area contributed by atoms with Gasteiger partial charge in [-0.3, -0.25) is 4.79 Å². The maximum atomic E-state index is 10.8. The monoisotopic (exact) mass is 2170 g/mol. The third kappa shape index (κ3) is 21.1. The number of anilines is 4. The molecular weight excluding hydrogens is 2070 g/mol. The van der Waals surface area contributed by atoms with Crippen molar-refractivity contribution < 1.29 is 80.1 Å². The summed E-state index contributed by atoms with van der Waals surface area (Å²) in [5.74, 6) is 8.85. The summed E-state index contributed by atoms with van der Waals surface area (Å²) in [5, 5.41) is 25.1. The Hall–Kier alpha value is -12.2. The number of carbonyl (C=O) groups is 1. The van der Waals surface area contributed by atoms with Gasteiger partial charge in [0.1, 0.15) is 62.8 Å². The molecule has 12 fully saturated rings. The summed E-state index contributed by atoms with van der Waals surface area (Å²) in [6.45, 7) is 14.7. The first-order chi connectivity index (χ1) is 73.2. The van der Waals surface area contributed by atoms with Gasteiger partial charge in [0, 0.05) is 154 Å². The van der Waals surface area contributed by atoms with Crippen LogP contribution in [-0.2, 0) is 78.9 Å². The Morgan fingerprint density at radius 3 is 0.860 bits per heavy atom. The first kappa shape index (κ1) is 102. The van der Waals surface area contributed by atoms with E-state index in [0.717, 1.165) is 270 Å². The SMILES string of the molecule is COc1cc(OC=O)cc2sc(N3CC4CC3CC4OCc3c(-c4c(C)cccc4Cl)noc3C3CC3)nc12.Cc1cccc(Cl)c1-c1noc(C2CC2)c1COC1CC2CC1CN2c1nc2ccccc2s1.Cc1cccc(Cl)c1-c1noc(C2CC2)c1COC1C[C@@H]2C[C@H]1CN2c1nc2ccccc2s1.Cc1cccc(Cl)c1-c1noc(C2CC2)c1COC1C[C@H]2C[C@@H]1CN2c1nc2ccccc2s1.O=C=O.O=C=O.O=C=O. The number of aryl methyl sites for hydroxylation is 4. The van der Waals surface area contributed by atoms with Crippen molar-refractivity contribution in [3.05, 3.63) is 245 Å². The lowest BCUT2D eigenvalue weighted by Gasteiger charge is -2.31. The van der Waals surface area contributed by atoms with E-state index in [0.29, 0.717) is 136 Å². The Morgan fingerprint density at radius 2 is 0.620 bits per heavy atom. The number of para-hydroxylation sites is 3. The van der Waals surface area contributed by atoms with Crippen molar-refractivity contribution in [1.82, 2.24) is 40.6 Å². The normalized spacial score (nSPS) is 22.2. The van der Waals surface area contributed by atoms with Gasteiger partial charge in [0.05, 0.1) is 113 Å². The zero-order chi connectivity index (χ0) is 103. The molecule has 0 radical (unpaired) electrons. The van der Waals surface area contributed by atoms with E-state index < -0.39 is 0 Å². The number of ether oxygens (including phenoxy) is 6. The van der Waals surface area contributed by atoms with Crippen LogP contribution >= 0.6 is 91.8 Å². The zero-order valence-corrected chi connectivity index (χ0v) is 89.0. The predicted molar refractivity (Wildman–Crippen MR) is 571 cm³/mol. The van der Waals surface area contributed by atoms with Crippen molar-refractivity contribution in [3.8, 4) is 56.5 Å². The summed E-state index contributed by atoms with van der Waals surface area (Å²) >= 11 is 33.4. The number of thiazole rings is 4. The van der Waals surface area contributed by atoms with Crippen LogP contribution in [0.2, 0.25) is 20.1 Å². The minimum atomic E-state index is 0.171. The van der Waals surface area contributed by atoms with Gasteiger partial charge in [0.15, 0.2) is 20.5 Å². The van der Waals surface area contributed by atoms with Gasteiger partial charge >= 0.3 is 18.5 Å². The van der Waals surface area contributed by atoms with Gasteiger partial charge in [0.2, 0.25) is 0 Å². The van der Waals surface area contributed by atoms with Crippen molar-refractivity contribution in [2.75, 3.05) is 52.9 Å². The molecule has 150 heavy (non-hydrogen) atoms. The molecular formula is C113H106Cl4N12O17S4. The molecule has 772 valence electrons. The lowest BCUT2D eigenvalue weighted by Crippen LogP contribution is -2.38. The van der Waals surface area contributed by atoms with Crippen LogP contribution in [-0.4, -0.2) is 147 Å². The summed E-state index contributed by atoms with van der Waals surface area (Å²) < 4.78 is 65.1. The quantitative estimate of drug-likeness (QED) is 0.0432. The highest BCUT2D eigenvalue weighted by molar-refractivity contribution is 7.23. The second-order valence-corrected chi connectivity index (χ2v) is 46.4. The number of halogens is 4. The van der Waals surface area contributed by atoms with Gasteiger partial charge in [-0.1, -0.05) is 197 Å². The average molecular weight is 2170 g/mol. The van der Waals surface area contributed by atoms with Crippen molar-refractivity contribution >= 4 is 178 Å². The number of hydrogen-bond acceptors (Lipinski definition) is 33. The lowest BCUT2D eigenvalue weighted by atomic mass is 10.00. The van der Waals surface area contributed by atoms with Crippen molar-refractivity contribution in [3.63, 3.8) is 0 Å². The summed E-state index contributed by atoms with van der Waals surface area (Å²) in [6.07, 6.45) is 19.6. The van der Waals surface area contributed by atoms with Crippen LogP contribution in [0, 0.1) is 51.4 Å². The van der Waals surface area contributed by atoms with Crippen LogP contribution < -0.4 is 29.1 Å². The van der Waals surface area contributed by atoms with E-state index >= 15 is 0 Å². The predicted octanol–water partition coefficient (Wildman–Crippen LogP) is 25.7. The third-order valence-corrected chi connectivity index (χ3v) is 36.8. The third-order valence-electron chi connectivity index (χ3n) is 31.2. The molecule has 4 saturated heterocycles. The van der Waals surface area contributed by atoms with Crippen LogP contribution in [0.25, 0.3) is 85.9 Å². The van der Waals surface area contributed by atoms with Crippen LogP contribution in [0.5, 0.6) is 11.5 Å². The number of piperidine rings is 4. The van der Waals surface area contributed by atoms with Gasteiger partial charge in [0.25, 0.3) is 6.47 Å². The summed E-state index contributed by atoms with van der Waals surface area (Å²) in [6, 6.07) is 54.5. The van der Waals surface area contributed by atoms with Gasteiger partial charge in [-0.15, -0.1) is 0 Å². The average Bonchev–Trinajstić information content (AvgIpc) is 1.61. The van der Waals surface area contributed by atoms with Crippen LogP contribution in [0.3, 0.4) is 0 Å². The molecule has 8 aromatic carbocycles. The van der Waals surface area contributed by atoms with Gasteiger partial charge in [-0.05, 0) is 213 Å². The number of fused-ring (bicyclic) bond motifs is 12. The zero-order valence-electron chi connectivity index (χ0n) is 82.7. The molecule has 8 unspecified atom stereocenters. The molecule has 16 aromatic rings. The summed E-state index contributed by atoms with van der Waals surface area (Å²) in [5.41, 5.74) is 20.0. The molecule has 8 aliphatic carbocycles. The molecule has 8 aromatic heterocycles. The Labute approximate surface area is 899 Å². The summed E-state index contributed by atoms with van der Waals surface area (Å²) in [4.78, 5) is 89.1. The Kier molecular flexibility index (Phi) is 30.4. The van der Waals surface area contributed by atoms with Gasteiger partial charge in [-0.2, -0.15) is 28.8 Å². The topological polar surface area (TPSA) is 344 Å². The van der Waals surface area contributed by atoms with E-state index in [-0.39, 0.29) is 42.9 Å². The van der Waals surface area contributed by atoms with E-state index in [1.165, 1.54) is 33.4 Å². The number of benzene rings is 8. The second kappa shape index (κ2) is 44.6. The first-order valence-electron chi connectivity index (χ1n) is 50.9. The molecule has 0 N–H and O–H groups in total. The van der Waals surface area contributed by atoms with Crippen molar-refractivity contribution in [2.24, 2.45) is 23.7 Å². The largest absolute Gasteiger partial charge is 0.494 e. The number of rotatable bonds is 27. The molecule has 8 bridgehead atoms. The van der Waals surface area contributed by atoms with E-state index in [1.54, 1.807) is 58.5 Å². The maximum absolute atomic E-state index is 10.8. The highest BCUT2D eigenvalue weighted by Crippen LogP contribution is 2.56. The molecule has 12 atom stereocenters. The molecule has 8 saturated carbocycles. The molecule has 29 nitrogen and oxygen atoms in total. The minimum absolute atomic E-state index is 0.171. The number of methoxy groups -OCH3 is 1. The first-order valence-corrected chi connectivity index (χ1v) is 55.6. The standard InChI is InChI=1S/C29H28ClN3O5S.3C27H26ClN3O2S.3CO2/c1-15-4-3-5-21(30)25(15)26-20(28(38-32-26)16-6-7-16)13-36-22-9-18-8-17(22)12-33(18)29-31-27-23(35-2)10-19(37-14-34)11-24(27)39-29;3*1-15-5-4-6-20(28)24(15)25-19(26(33-30-25)16-9-10-16)14-32-22-12-18-11-17(22)13-31(18)27-29-21-7-2-3-8-23(21)34-27;3*2-1-3/h3-5,10-11,14,16-18,22H,6-9,12-13H2,1-2H3;3*2-8,16-18,22H,9-14H2,1H3;;;/t;2*17-,18-,22?;;;;/m.10..../s1. The van der Waals surface area contributed by atoms with E-state index in [4.69, 9.17) is 142 Å². The van der Waals surface area contributed by atoms with Crippen LogP contribution in [0.1, 0.15) is 194 Å². The van der Waals surface area contributed by atoms with E-state index in [1.807, 2.05) is 54.6 Å². The van der Waals surface area contributed by atoms with Crippen molar-refractivity contribution in [2.45, 2.75) is 229 Å². The van der Waals surface area contributed by atoms with Crippen molar-refractivity contribution in [1.29, 1.82) is 0 Å². The summed E-state index contributed by atoms with van der Waals surface area (Å²) in [7, 11) is 1.60. The fourth-order valence-electron chi connectivity index (χ4n) is 23.5. The highest BCUT2D eigenvalue weighted by atomic mass is 35.5. The number of carbonyl (C=O) groups excluding carboxylic acids is 7.